The largest absolute Gasteiger partial charge is 0.431 e. The number of benzene rings is 1. The van der Waals surface area contributed by atoms with Gasteiger partial charge in [0, 0.05) is 30.2 Å². The van der Waals surface area contributed by atoms with Gasteiger partial charge in [0.15, 0.2) is 11.6 Å². The lowest BCUT2D eigenvalue weighted by Gasteiger charge is -2.09. The number of ether oxygens (including phenoxy) is 1. The number of anilines is 1. The van der Waals surface area contributed by atoms with Gasteiger partial charge in [-0.1, -0.05) is 0 Å². The molecule has 1 aliphatic carbocycles. The molecule has 2 aromatic rings. The highest BCUT2D eigenvalue weighted by Crippen LogP contribution is 2.33. The summed E-state index contributed by atoms with van der Waals surface area (Å²) in [6.45, 7) is 1.74. The molecule has 0 bridgehead atoms. The van der Waals surface area contributed by atoms with Crippen molar-refractivity contribution in [2.45, 2.75) is 25.8 Å². The minimum absolute atomic E-state index is 0.0464. The van der Waals surface area contributed by atoms with Crippen molar-refractivity contribution in [1.29, 1.82) is 0 Å². The van der Waals surface area contributed by atoms with E-state index in [-0.39, 0.29) is 23.2 Å². The molecule has 1 aliphatic rings. The average molecular weight is 275 g/mol. The molecule has 6 heteroatoms. The SMILES string of the molecule is Cc1cc(Oc2nccn(C3CC3)c2=O)c(F)cc1N. The summed E-state index contributed by atoms with van der Waals surface area (Å²) >= 11 is 0. The zero-order valence-corrected chi connectivity index (χ0v) is 11.0. The van der Waals surface area contributed by atoms with Gasteiger partial charge in [0.1, 0.15) is 0 Å². The number of nitrogens with two attached hydrogens (primary N) is 1. The molecule has 0 radical (unpaired) electrons. The number of halogens is 1. The maximum Gasteiger partial charge on any atom is 0.313 e. The number of rotatable bonds is 3. The Kier molecular flexibility index (Phi) is 2.93. The van der Waals surface area contributed by atoms with Crippen LogP contribution in [0.4, 0.5) is 10.1 Å². The van der Waals surface area contributed by atoms with Crippen molar-refractivity contribution in [2.75, 3.05) is 5.73 Å². The summed E-state index contributed by atoms with van der Waals surface area (Å²) in [5, 5.41) is 0. The molecular formula is C14H14FN3O2. The zero-order valence-electron chi connectivity index (χ0n) is 11.0. The first-order valence-electron chi connectivity index (χ1n) is 6.37. The monoisotopic (exact) mass is 275 g/mol. The molecule has 5 nitrogen and oxygen atoms in total. The van der Waals surface area contributed by atoms with Crippen molar-refractivity contribution in [3.63, 3.8) is 0 Å². The van der Waals surface area contributed by atoms with E-state index < -0.39 is 5.82 Å². The van der Waals surface area contributed by atoms with Crippen LogP contribution in [0.1, 0.15) is 24.4 Å². The van der Waals surface area contributed by atoms with Crippen molar-refractivity contribution in [2.24, 2.45) is 0 Å². The van der Waals surface area contributed by atoms with Crippen LogP contribution in [-0.2, 0) is 0 Å². The second-order valence-corrected chi connectivity index (χ2v) is 4.92. The molecule has 1 saturated carbocycles. The van der Waals surface area contributed by atoms with Crippen LogP contribution < -0.4 is 16.0 Å². The third-order valence-corrected chi connectivity index (χ3v) is 3.30. The van der Waals surface area contributed by atoms with Gasteiger partial charge in [0.25, 0.3) is 5.88 Å². The van der Waals surface area contributed by atoms with Gasteiger partial charge in [-0.3, -0.25) is 4.79 Å². The molecule has 0 saturated heterocycles. The van der Waals surface area contributed by atoms with Crippen LogP contribution in [-0.4, -0.2) is 9.55 Å². The number of aromatic nitrogens is 2. The Morgan fingerprint density at radius 2 is 2.20 bits per heavy atom. The minimum Gasteiger partial charge on any atom is -0.431 e. The van der Waals surface area contributed by atoms with Gasteiger partial charge in [-0.2, -0.15) is 0 Å². The Labute approximate surface area is 114 Å². The lowest BCUT2D eigenvalue weighted by atomic mass is 10.2. The van der Waals surface area contributed by atoms with Crippen LogP contribution in [0.15, 0.2) is 29.3 Å². The zero-order chi connectivity index (χ0) is 14.3. The lowest BCUT2D eigenvalue weighted by Crippen LogP contribution is -2.20. The number of hydrogen-bond donors (Lipinski definition) is 1. The van der Waals surface area contributed by atoms with E-state index in [1.165, 1.54) is 18.3 Å². The van der Waals surface area contributed by atoms with Gasteiger partial charge in [-0.15, -0.1) is 0 Å². The number of nitrogen functional groups attached to an aromatic ring is 1. The van der Waals surface area contributed by atoms with Crippen molar-refractivity contribution in [1.82, 2.24) is 9.55 Å². The van der Waals surface area contributed by atoms with Crippen molar-refractivity contribution in [3.05, 3.63) is 46.3 Å². The Morgan fingerprint density at radius 3 is 2.90 bits per heavy atom. The number of hydrogen-bond acceptors (Lipinski definition) is 4. The fraction of sp³-hybridized carbons (Fsp3) is 0.286. The van der Waals surface area contributed by atoms with Gasteiger partial charge < -0.3 is 15.0 Å². The minimum atomic E-state index is -0.615. The predicted molar refractivity (Wildman–Crippen MR) is 72.4 cm³/mol. The summed E-state index contributed by atoms with van der Waals surface area (Å²) in [7, 11) is 0. The summed E-state index contributed by atoms with van der Waals surface area (Å²) in [6, 6.07) is 2.85. The standard InChI is InChI=1S/C14H14FN3O2/c1-8-6-12(10(15)7-11(8)16)20-13-14(19)18(5-4-17-13)9-2-3-9/h4-7,9H,2-3,16H2,1H3. The van der Waals surface area contributed by atoms with E-state index in [0.29, 0.717) is 11.3 Å². The van der Waals surface area contributed by atoms with Crippen LogP contribution in [0, 0.1) is 12.7 Å². The molecule has 0 unspecified atom stereocenters. The Hall–Kier alpha value is -2.37. The fourth-order valence-corrected chi connectivity index (χ4v) is 1.97. The van der Waals surface area contributed by atoms with Crippen LogP contribution in [0.25, 0.3) is 0 Å². The maximum absolute atomic E-state index is 13.8. The van der Waals surface area contributed by atoms with Gasteiger partial charge in [-0.25, -0.2) is 9.37 Å². The summed E-state index contributed by atoms with van der Waals surface area (Å²) < 4.78 is 20.7. The van der Waals surface area contributed by atoms with Gasteiger partial charge in [0.05, 0.1) is 0 Å². The molecule has 1 aromatic heterocycles. The first-order valence-corrected chi connectivity index (χ1v) is 6.37. The van der Waals surface area contributed by atoms with Crippen LogP contribution in [0.3, 0.4) is 0 Å². The molecule has 3 rings (SSSR count). The normalized spacial score (nSPS) is 14.3. The van der Waals surface area contributed by atoms with E-state index in [4.69, 9.17) is 10.5 Å². The third kappa shape index (κ3) is 2.24. The Morgan fingerprint density at radius 1 is 1.45 bits per heavy atom. The first-order chi connectivity index (χ1) is 9.56. The molecule has 0 spiro atoms. The number of aryl methyl sites for hydroxylation is 1. The van der Waals surface area contributed by atoms with Crippen LogP contribution >= 0.6 is 0 Å². The van der Waals surface area contributed by atoms with Crippen LogP contribution in [0.5, 0.6) is 11.6 Å². The van der Waals surface area contributed by atoms with Crippen molar-refractivity contribution in [3.8, 4) is 11.6 Å². The average Bonchev–Trinajstić information content (AvgIpc) is 3.22. The highest BCUT2D eigenvalue weighted by molar-refractivity contribution is 5.50. The second-order valence-electron chi connectivity index (χ2n) is 4.92. The molecule has 1 aromatic carbocycles. The van der Waals surface area contributed by atoms with E-state index in [1.54, 1.807) is 17.7 Å². The lowest BCUT2D eigenvalue weighted by molar-refractivity contribution is 0.414. The van der Waals surface area contributed by atoms with Crippen LogP contribution in [0.2, 0.25) is 0 Å². The molecular weight excluding hydrogens is 261 g/mol. The Bertz CT molecular complexity index is 723. The van der Waals surface area contributed by atoms with E-state index in [1.807, 2.05) is 0 Å². The predicted octanol–water partition coefficient (Wildman–Crippen LogP) is 2.40. The molecule has 1 heterocycles. The smallest absolute Gasteiger partial charge is 0.313 e. The highest BCUT2D eigenvalue weighted by Gasteiger charge is 2.26. The molecule has 0 aliphatic heterocycles. The summed E-state index contributed by atoms with van der Waals surface area (Å²) in [5.41, 5.74) is 6.28. The molecule has 0 atom stereocenters. The van der Waals surface area contributed by atoms with Gasteiger partial charge >= 0.3 is 5.56 Å². The van der Waals surface area contributed by atoms with Crippen molar-refractivity contribution >= 4 is 5.69 Å². The molecule has 20 heavy (non-hydrogen) atoms. The van der Waals surface area contributed by atoms with Gasteiger partial charge in [-0.05, 0) is 31.4 Å². The highest BCUT2D eigenvalue weighted by atomic mass is 19.1. The first kappa shape index (κ1) is 12.7. The van der Waals surface area contributed by atoms with Crippen molar-refractivity contribution < 1.29 is 9.13 Å². The topological polar surface area (TPSA) is 70.1 Å². The third-order valence-electron chi connectivity index (χ3n) is 3.30. The maximum atomic E-state index is 13.8. The fourth-order valence-electron chi connectivity index (χ4n) is 1.97. The quantitative estimate of drug-likeness (QED) is 0.873. The van der Waals surface area contributed by atoms with E-state index in [0.717, 1.165) is 12.8 Å². The molecule has 2 N–H and O–H groups in total. The molecule has 0 amide bonds. The van der Waals surface area contributed by atoms with E-state index in [2.05, 4.69) is 4.98 Å². The molecule has 1 fully saturated rings. The summed E-state index contributed by atoms with van der Waals surface area (Å²) in [5.74, 6) is -0.784. The van der Waals surface area contributed by atoms with E-state index in [9.17, 15) is 9.18 Å². The summed E-state index contributed by atoms with van der Waals surface area (Å²) in [6.07, 6.45) is 5.05. The molecule has 104 valence electrons. The summed E-state index contributed by atoms with van der Waals surface area (Å²) in [4.78, 5) is 16.0. The Balaban J connectivity index is 1.97. The van der Waals surface area contributed by atoms with Gasteiger partial charge in [0.2, 0.25) is 0 Å². The number of nitrogens with zero attached hydrogens (tertiary/aromatic N) is 2. The van der Waals surface area contributed by atoms with E-state index >= 15 is 0 Å². The second kappa shape index (κ2) is 4.63.